The molecular weight excluding hydrogens is 401 g/mol. The van der Waals surface area contributed by atoms with Crippen molar-refractivity contribution in [1.29, 1.82) is 0 Å². The number of hydrogen-bond donors (Lipinski definition) is 2. The summed E-state index contributed by atoms with van der Waals surface area (Å²) in [5.74, 6) is -1.45. The van der Waals surface area contributed by atoms with Crippen molar-refractivity contribution in [3.8, 4) is 0 Å². The van der Waals surface area contributed by atoms with Gasteiger partial charge in [-0.1, -0.05) is 41.9 Å². The van der Waals surface area contributed by atoms with Gasteiger partial charge in [-0.05, 0) is 47.9 Å². The van der Waals surface area contributed by atoms with E-state index in [9.17, 15) is 14.0 Å². The summed E-state index contributed by atoms with van der Waals surface area (Å²) in [6.45, 7) is 3.63. The molecule has 0 spiro atoms. The average molecular weight is 420 g/mol. The molecule has 136 valence electrons. The van der Waals surface area contributed by atoms with Crippen LogP contribution in [0.5, 0.6) is 0 Å². The second kappa shape index (κ2) is 9.24. The number of hydrogen-bond acceptors (Lipinski definition) is 3. The first-order valence-corrected chi connectivity index (χ1v) is 8.81. The lowest BCUT2D eigenvalue weighted by Gasteiger charge is -2.20. The average Bonchev–Trinajstić information content (AvgIpc) is 2.61. The normalized spacial score (nSPS) is 12.2. The van der Waals surface area contributed by atoms with Crippen molar-refractivity contribution >= 4 is 34.0 Å². The van der Waals surface area contributed by atoms with E-state index in [1.807, 2.05) is 38.1 Å². The Bertz CT molecular complexity index is 789. The fraction of sp³-hybridized carbons (Fsp3) is 0.211. The van der Waals surface area contributed by atoms with Gasteiger partial charge in [-0.3, -0.25) is 9.59 Å². The van der Waals surface area contributed by atoms with Gasteiger partial charge in [0.1, 0.15) is 11.9 Å². The number of carbonyl (C=O) groups excluding carboxylic acids is 2. The van der Waals surface area contributed by atoms with Crippen LogP contribution in [-0.2, 0) is 4.79 Å². The molecule has 0 radical (unpaired) electrons. The summed E-state index contributed by atoms with van der Waals surface area (Å²) in [6.07, 6.45) is 1.52. The first-order valence-electron chi connectivity index (χ1n) is 8.01. The molecule has 0 aromatic heterocycles. The Morgan fingerprint density at radius 3 is 2.27 bits per heavy atom. The van der Waals surface area contributed by atoms with E-state index in [1.165, 1.54) is 30.5 Å². The Morgan fingerprint density at radius 2 is 1.69 bits per heavy atom. The van der Waals surface area contributed by atoms with Crippen LogP contribution < -0.4 is 10.7 Å². The van der Waals surface area contributed by atoms with E-state index < -0.39 is 23.7 Å². The van der Waals surface area contributed by atoms with Gasteiger partial charge in [0.25, 0.3) is 11.8 Å². The molecule has 0 saturated heterocycles. The fourth-order valence-electron chi connectivity index (χ4n) is 2.15. The highest BCUT2D eigenvalue weighted by molar-refractivity contribution is 9.10. The number of carbonyl (C=O) groups is 2. The third-order valence-electron chi connectivity index (χ3n) is 3.60. The van der Waals surface area contributed by atoms with Crippen LogP contribution in [-0.4, -0.2) is 24.1 Å². The molecule has 2 amide bonds. The van der Waals surface area contributed by atoms with Crippen molar-refractivity contribution < 1.29 is 14.0 Å². The molecular formula is C19H19BrFN3O2. The molecule has 26 heavy (non-hydrogen) atoms. The largest absolute Gasteiger partial charge is 0.340 e. The maximum atomic E-state index is 13.0. The van der Waals surface area contributed by atoms with E-state index in [1.54, 1.807) is 0 Å². The van der Waals surface area contributed by atoms with Gasteiger partial charge in [-0.25, -0.2) is 9.82 Å². The first-order chi connectivity index (χ1) is 12.4. The number of amides is 2. The summed E-state index contributed by atoms with van der Waals surface area (Å²) >= 11 is 3.34. The topological polar surface area (TPSA) is 70.6 Å². The molecule has 0 aliphatic carbocycles. The monoisotopic (exact) mass is 419 g/mol. The van der Waals surface area contributed by atoms with Crippen molar-refractivity contribution in [3.05, 3.63) is 69.9 Å². The Labute approximate surface area is 159 Å². The molecule has 2 aromatic carbocycles. The molecule has 0 saturated carbocycles. The standard InChI is InChI=1S/C19H19BrFN3O2/c1-12(2)17(23-18(25)14-5-9-16(21)10-6-14)19(26)24-22-11-13-3-7-15(20)8-4-13/h3-12,17H,1-2H3,(H,23,25)(H,24,26)/b22-11+. The molecule has 2 aromatic rings. The number of rotatable bonds is 6. The van der Waals surface area contributed by atoms with E-state index in [2.05, 4.69) is 31.8 Å². The molecule has 0 aliphatic rings. The highest BCUT2D eigenvalue weighted by atomic mass is 79.9. The highest BCUT2D eigenvalue weighted by Gasteiger charge is 2.24. The van der Waals surface area contributed by atoms with E-state index >= 15 is 0 Å². The van der Waals surface area contributed by atoms with E-state index in [4.69, 9.17) is 0 Å². The number of hydrazone groups is 1. The smallest absolute Gasteiger partial charge is 0.262 e. The van der Waals surface area contributed by atoms with E-state index in [0.717, 1.165) is 10.0 Å². The van der Waals surface area contributed by atoms with Crippen molar-refractivity contribution in [3.63, 3.8) is 0 Å². The molecule has 2 N–H and O–H groups in total. The van der Waals surface area contributed by atoms with Crippen molar-refractivity contribution in [2.75, 3.05) is 0 Å². The van der Waals surface area contributed by atoms with Gasteiger partial charge >= 0.3 is 0 Å². The van der Waals surface area contributed by atoms with Gasteiger partial charge in [0, 0.05) is 10.0 Å². The molecule has 0 fully saturated rings. The molecule has 0 bridgehead atoms. The Balaban J connectivity index is 1.99. The van der Waals surface area contributed by atoms with E-state index in [-0.39, 0.29) is 11.5 Å². The van der Waals surface area contributed by atoms with Gasteiger partial charge in [0.05, 0.1) is 6.21 Å². The third-order valence-corrected chi connectivity index (χ3v) is 4.13. The SMILES string of the molecule is CC(C)C(NC(=O)c1ccc(F)cc1)C(=O)N/N=C/c1ccc(Br)cc1. The Kier molecular flexibility index (Phi) is 7.03. The zero-order valence-electron chi connectivity index (χ0n) is 14.4. The zero-order valence-corrected chi connectivity index (χ0v) is 16.0. The Hall–Kier alpha value is -2.54. The molecule has 2 rings (SSSR count). The summed E-state index contributed by atoms with van der Waals surface area (Å²) in [5, 5.41) is 6.58. The lowest BCUT2D eigenvalue weighted by Crippen LogP contribution is -2.48. The highest BCUT2D eigenvalue weighted by Crippen LogP contribution is 2.09. The number of benzene rings is 2. The van der Waals surface area contributed by atoms with Crippen molar-refractivity contribution in [2.45, 2.75) is 19.9 Å². The quantitative estimate of drug-likeness (QED) is 0.555. The van der Waals surface area contributed by atoms with Crippen LogP contribution in [0, 0.1) is 11.7 Å². The third kappa shape index (κ3) is 5.77. The summed E-state index contributed by atoms with van der Waals surface area (Å²) < 4.78 is 13.9. The minimum absolute atomic E-state index is 0.151. The number of nitrogens with zero attached hydrogens (tertiary/aromatic N) is 1. The van der Waals surface area contributed by atoms with Crippen LogP contribution >= 0.6 is 15.9 Å². The second-order valence-corrected chi connectivity index (χ2v) is 6.90. The van der Waals surface area contributed by atoms with Gasteiger partial charge in [0.15, 0.2) is 0 Å². The molecule has 1 atom stereocenters. The minimum Gasteiger partial charge on any atom is -0.340 e. The van der Waals surface area contributed by atoms with Crippen LogP contribution in [0.2, 0.25) is 0 Å². The molecule has 0 aliphatic heterocycles. The molecule has 7 heteroatoms. The summed E-state index contributed by atoms with van der Waals surface area (Å²) in [5.41, 5.74) is 3.54. The first kappa shape index (κ1) is 19.8. The van der Waals surface area contributed by atoms with Crippen LogP contribution in [0.15, 0.2) is 58.1 Å². The summed E-state index contributed by atoms with van der Waals surface area (Å²) in [6, 6.07) is 11.8. The predicted molar refractivity (Wildman–Crippen MR) is 102 cm³/mol. The van der Waals surface area contributed by atoms with Crippen LogP contribution in [0.3, 0.4) is 0 Å². The Morgan fingerprint density at radius 1 is 1.08 bits per heavy atom. The van der Waals surface area contributed by atoms with Gasteiger partial charge in [-0.15, -0.1) is 0 Å². The zero-order chi connectivity index (χ0) is 19.1. The van der Waals surface area contributed by atoms with Gasteiger partial charge < -0.3 is 5.32 Å². The molecule has 0 heterocycles. The summed E-state index contributed by atoms with van der Waals surface area (Å²) in [4.78, 5) is 24.6. The van der Waals surface area contributed by atoms with Crippen molar-refractivity contribution in [1.82, 2.24) is 10.7 Å². The van der Waals surface area contributed by atoms with E-state index in [0.29, 0.717) is 0 Å². The van der Waals surface area contributed by atoms with Gasteiger partial charge in [0.2, 0.25) is 0 Å². The van der Waals surface area contributed by atoms with Crippen molar-refractivity contribution in [2.24, 2.45) is 11.0 Å². The lowest BCUT2D eigenvalue weighted by molar-refractivity contribution is -0.123. The van der Waals surface area contributed by atoms with Crippen LogP contribution in [0.25, 0.3) is 0 Å². The maximum absolute atomic E-state index is 13.0. The number of halogens is 2. The summed E-state index contributed by atoms with van der Waals surface area (Å²) in [7, 11) is 0. The number of nitrogens with one attached hydrogen (secondary N) is 2. The minimum atomic E-state index is -0.769. The lowest BCUT2D eigenvalue weighted by atomic mass is 10.0. The maximum Gasteiger partial charge on any atom is 0.262 e. The molecule has 1 unspecified atom stereocenters. The van der Waals surface area contributed by atoms with Crippen LogP contribution in [0.4, 0.5) is 4.39 Å². The molecule has 5 nitrogen and oxygen atoms in total. The second-order valence-electron chi connectivity index (χ2n) is 5.99. The van der Waals surface area contributed by atoms with Crippen LogP contribution in [0.1, 0.15) is 29.8 Å². The van der Waals surface area contributed by atoms with Gasteiger partial charge in [-0.2, -0.15) is 5.10 Å². The fourth-order valence-corrected chi connectivity index (χ4v) is 2.41. The predicted octanol–water partition coefficient (Wildman–Crippen LogP) is 3.49.